The Hall–Kier alpha value is -1.39. The van der Waals surface area contributed by atoms with Crippen LogP contribution in [0.2, 0.25) is 0 Å². The van der Waals surface area contributed by atoms with Crippen LogP contribution < -0.4 is 0 Å². The number of aliphatic carboxylic acids is 1. The van der Waals surface area contributed by atoms with Gasteiger partial charge in [-0.1, -0.05) is 27.7 Å². The van der Waals surface area contributed by atoms with Gasteiger partial charge in [0.15, 0.2) is 0 Å². The van der Waals surface area contributed by atoms with E-state index in [9.17, 15) is 4.79 Å². The Bertz CT molecular complexity index is 463. The third-order valence-electron chi connectivity index (χ3n) is 4.78. The second-order valence-corrected chi connectivity index (χ2v) is 6.51. The Labute approximate surface area is 113 Å². The molecule has 0 aromatic carbocycles. The summed E-state index contributed by atoms with van der Waals surface area (Å²) in [6, 6.07) is 0. The average molecular weight is 266 g/mol. The summed E-state index contributed by atoms with van der Waals surface area (Å²) in [4.78, 5) is 10.4. The summed E-state index contributed by atoms with van der Waals surface area (Å²) in [6.07, 6.45) is 2.27. The van der Waals surface area contributed by atoms with Crippen LogP contribution in [-0.4, -0.2) is 21.3 Å². The molecule has 1 heterocycles. The first-order valence-electron chi connectivity index (χ1n) is 6.81. The number of carboxylic acids is 1. The van der Waals surface area contributed by atoms with E-state index < -0.39 is 5.97 Å². The molecule has 0 bridgehead atoms. The largest absolute Gasteiger partial charge is 0.481 e. The minimum Gasteiger partial charge on any atom is -0.481 e. The molecule has 1 N–H and O–H groups in total. The predicted octanol–water partition coefficient (Wildman–Crippen LogP) is 3.02. The van der Waals surface area contributed by atoms with Crippen LogP contribution in [-0.2, 0) is 11.2 Å². The Morgan fingerprint density at radius 1 is 1.21 bits per heavy atom. The zero-order valence-corrected chi connectivity index (χ0v) is 12.1. The lowest BCUT2D eigenvalue weighted by atomic mass is 10.0. The van der Waals surface area contributed by atoms with Crippen LogP contribution in [0.4, 0.5) is 0 Å². The monoisotopic (exact) mass is 266 g/mol. The van der Waals surface area contributed by atoms with E-state index in [0.717, 1.165) is 12.3 Å². The summed E-state index contributed by atoms with van der Waals surface area (Å²) in [5, 5.41) is 16.8. The van der Waals surface area contributed by atoms with Gasteiger partial charge in [-0.3, -0.25) is 4.79 Å². The number of rotatable bonds is 6. The van der Waals surface area contributed by atoms with Crippen molar-refractivity contribution in [1.82, 2.24) is 10.2 Å². The quantitative estimate of drug-likeness (QED) is 0.801. The zero-order chi connectivity index (χ0) is 14.3. The van der Waals surface area contributed by atoms with Crippen molar-refractivity contribution in [3.8, 4) is 0 Å². The van der Waals surface area contributed by atoms with E-state index in [-0.39, 0.29) is 17.3 Å². The van der Waals surface area contributed by atoms with Crippen molar-refractivity contribution in [2.45, 2.75) is 59.3 Å². The summed E-state index contributed by atoms with van der Waals surface area (Å²) >= 11 is 0. The molecule has 2 rings (SSSR count). The summed E-state index contributed by atoms with van der Waals surface area (Å²) < 4.78 is 5.72. The Morgan fingerprint density at radius 2 is 1.84 bits per heavy atom. The normalized spacial score (nSPS) is 20.4. The van der Waals surface area contributed by atoms with Crippen LogP contribution in [0.3, 0.4) is 0 Å². The van der Waals surface area contributed by atoms with Crippen molar-refractivity contribution in [3.63, 3.8) is 0 Å². The highest BCUT2D eigenvalue weighted by molar-refractivity contribution is 5.66. The summed E-state index contributed by atoms with van der Waals surface area (Å²) in [5.41, 5.74) is 0.389. The molecule has 0 aliphatic heterocycles. The number of nitrogens with zero attached hydrogens (tertiary/aromatic N) is 2. The maximum absolute atomic E-state index is 10.4. The van der Waals surface area contributed by atoms with Gasteiger partial charge in [-0.15, -0.1) is 10.2 Å². The maximum Gasteiger partial charge on any atom is 0.303 e. The van der Waals surface area contributed by atoms with Gasteiger partial charge >= 0.3 is 5.97 Å². The first-order valence-corrected chi connectivity index (χ1v) is 6.81. The molecule has 1 aromatic rings. The molecule has 19 heavy (non-hydrogen) atoms. The number of unbranched alkanes of at least 4 members (excludes halogenated alkanes) is 1. The highest BCUT2D eigenvalue weighted by Crippen LogP contribution is 2.73. The van der Waals surface area contributed by atoms with E-state index >= 15 is 0 Å². The van der Waals surface area contributed by atoms with Crippen LogP contribution in [0, 0.1) is 10.8 Å². The molecule has 0 spiro atoms. The number of aryl methyl sites for hydroxylation is 1. The number of hydrogen-bond donors (Lipinski definition) is 1. The molecular formula is C14H22N2O3. The predicted molar refractivity (Wildman–Crippen MR) is 69.8 cm³/mol. The lowest BCUT2D eigenvalue weighted by Crippen LogP contribution is -1.95. The molecule has 1 aliphatic rings. The van der Waals surface area contributed by atoms with Gasteiger partial charge < -0.3 is 9.52 Å². The van der Waals surface area contributed by atoms with Crippen molar-refractivity contribution in [2.24, 2.45) is 10.8 Å². The Morgan fingerprint density at radius 3 is 2.37 bits per heavy atom. The van der Waals surface area contributed by atoms with E-state index in [1.807, 2.05) is 0 Å². The van der Waals surface area contributed by atoms with Crippen LogP contribution >= 0.6 is 0 Å². The lowest BCUT2D eigenvalue weighted by molar-refractivity contribution is -0.137. The molecule has 0 amide bonds. The Kier molecular flexibility index (Phi) is 3.41. The van der Waals surface area contributed by atoms with Crippen LogP contribution in [0.25, 0.3) is 0 Å². The molecule has 1 aliphatic carbocycles. The number of carbonyl (C=O) groups is 1. The van der Waals surface area contributed by atoms with E-state index in [4.69, 9.17) is 9.52 Å². The topological polar surface area (TPSA) is 76.2 Å². The smallest absolute Gasteiger partial charge is 0.303 e. The summed E-state index contributed by atoms with van der Waals surface area (Å²) in [6.45, 7) is 8.87. The molecule has 5 heteroatoms. The van der Waals surface area contributed by atoms with Gasteiger partial charge in [-0.25, -0.2) is 0 Å². The minimum atomic E-state index is -0.757. The first kappa shape index (κ1) is 14.0. The fraction of sp³-hybridized carbons (Fsp3) is 0.786. The molecule has 0 saturated heterocycles. The standard InChI is InChI=1S/C14H22N2O3/c1-13(2)11(14(13,3)4)12-16-15-9(19-12)7-5-6-8-10(17)18/h11H,5-8H2,1-4H3,(H,17,18). The first-order chi connectivity index (χ1) is 8.76. The van der Waals surface area contributed by atoms with E-state index in [1.165, 1.54) is 0 Å². The molecule has 1 aromatic heterocycles. The summed E-state index contributed by atoms with van der Waals surface area (Å²) in [5.74, 6) is 0.912. The molecule has 1 fully saturated rings. The van der Waals surface area contributed by atoms with Crippen molar-refractivity contribution < 1.29 is 14.3 Å². The Balaban J connectivity index is 1.89. The van der Waals surface area contributed by atoms with Crippen molar-refractivity contribution >= 4 is 5.97 Å². The second kappa shape index (κ2) is 4.62. The van der Waals surface area contributed by atoms with Gasteiger partial charge in [0.2, 0.25) is 11.8 Å². The zero-order valence-electron chi connectivity index (χ0n) is 12.1. The van der Waals surface area contributed by atoms with Crippen molar-refractivity contribution in [3.05, 3.63) is 11.8 Å². The van der Waals surface area contributed by atoms with Gasteiger partial charge in [-0.2, -0.15) is 0 Å². The third kappa shape index (κ3) is 2.51. The van der Waals surface area contributed by atoms with E-state index in [2.05, 4.69) is 37.9 Å². The molecule has 5 nitrogen and oxygen atoms in total. The van der Waals surface area contributed by atoms with Crippen molar-refractivity contribution in [1.29, 1.82) is 0 Å². The molecule has 106 valence electrons. The highest BCUT2D eigenvalue weighted by atomic mass is 16.4. The molecular weight excluding hydrogens is 244 g/mol. The van der Waals surface area contributed by atoms with Crippen LogP contribution in [0.5, 0.6) is 0 Å². The molecule has 1 saturated carbocycles. The average Bonchev–Trinajstić information content (AvgIpc) is 2.66. The van der Waals surface area contributed by atoms with Gasteiger partial charge in [0, 0.05) is 18.8 Å². The minimum absolute atomic E-state index is 0.195. The van der Waals surface area contributed by atoms with Crippen LogP contribution in [0.15, 0.2) is 4.42 Å². The third-order valence-corrected chi connectivity index (χ3v) is 4.78. The SMILES string of the molecule is CC1(C)C(c2nnc(CCCCC(=O)O)o2)C1(C)C. The number of carboxylic acid groups (broad SMARTS) is 1. The van der Waals surface area contributed by atoms with Gasteiger partial charge in [0.25, 0.3) is 0 Å². The van der Waals surface area contributed by atoms with E-state index in [0.29, 0.717) is 24.7 Å². The highest BCUT2D eigenvalue weighted by Gasteiger charge is 2.67. The van der Waals surface area contributed by atoms with Gasteiger partial charge in [-0.05, 0) is 23.7 Å². The number of aromatic nitrogens is 2. The number of hydrogen-bond acceptors (Lipinski definition) is 4. The van der Waals surface area contributed by atoms with Gasteiger partial charge in [0.1, 0.15) is 0 Å². The molecule has 0 radical (unpaired) electrons. The van der Waals surface area contributed by atoms with Gasteiger partial charge in [0.05, 0.1) is 0 Å². The molecule has 0 unspecified atom stereocenters. The molecule has 0 atom stereocenters. The fourth-order valence-electron chi connectivity index (χ4n) is 2.85. The fourth-order valence-corrected chi connectivity index (χ4v) is 2.85. The lowest BCUT2D eigenvalue weighted by Gasteiger charge is -2.03. The summed E-state index contributed by atoms with van der Waals surface area (Å²) in [7, 11) is 0. The van der Waals surface area contributed by atoms with E-state index in [1.54, 1.807) is 0 Å². The van der Waals surface area contributed by atoms with Crippen LogP contribution in [0.1, 0.15) is 64.7 Å². The maximum atomic E-state index is 10.4. The van der Waals surface area contributed by atoms with Crippen molar-refractivity contribution in [2.75, 3.05) is 0 Å². The second-order valence-electron chi connectivity index (χ2n) is 6.51.